The van der Waals surface area contributed by atoms with Crippen LogP contribution in [0.2, 0.25) is 0 Å². The molecule has 1 unspecified atom stereocenters. The summed E-state index contributed by atoms with van der Waals surface area (Å²) in [7, 11) is -3.40. The van der Waals surface area contributed by atoms with Crippen LogP contribution in [-0.4, -0.2) is 39.0 Å². The molecule has 2 heterocycles. The van der Waals surface area contributed by atoms with Crippen LogP contribution in [0.1, 0.15) is 19.8 Å². The van der Waals surface area contributed by atoms with E-state index in [9.17, 15) is 8.42 Å². The van der Waals surface area contributed by atoms with Gasteiger partial charge in [0.05, 0.1) is 0 Å². The van der Waals surface area contributed by atoms with Crippen LogP contribution in [0, 0.1) is 0 Å². The van der Waals surface area contributed by atoms with Gasteiger partial charge in [-0.05, 0) is 32.0 Å². The van der Waals surface area contributed by atoms with Crippen molar-refractivity contribution in [1.29, 1.82) is 0 Å². The van der Waals surface area contributed by atoms with Gasteiger partial charge in [0.25, 0.3) is 0 Å². The van der Waals surface area contributed by atoms with E-state index in [-0.39, 0.29) is 0 Å². The zero-order chi connectivity index (χ0) is 13.2. The molecular formula is C11H19N3O2S2. The van der Waals surface area contributed by atoms with Crippen LogP contribution in [-0.2, 0) is 10.0 Å². The highest BCUT2D eigenvalue weighted by Gasteiger charge is 2.25. The number of anilines is 1. The smallest absolute Gasteiger partial charge is 0.250 e. The minimum atomic E-state index is -3.40. The summed E-state index contributed by atoms with van der Waals surface area (Å²) < 4.78 is 27.0. The molecule has 0 amide bonds. The Morgan fingerprint density at radius 1 is 1.61 bits per heavy atom. The van der Waals surface area contributed by atoms with Gasteiger partial charge in [-0.25, -0.2) is 13.1 Å². The maximum atomic E-state index is 12.0. The fourth-order valence-electron chi connectivity index (χ4n) is 2.29. The lowest BCUT2D eigenvalue weighted by molar-refractivity contribution is 0.268. The number of likely N-dealkylation sites (tertiary alicyclic amines) is 1. The van der Waals surface area contributed by atoms with Crippen molar-refractivity contribution in [2.24, 2.45) is 0 Å². The molecule has 1 fully saturated rings. The lowest BCUT2D eigenvalue weighted by Gasteiger charge is -2.22. The summed E-state index contributed by atoms with van der Waals surface area (Å²) in [6.07, 6.45) is 2.20. The lowest BCUT2D eigenvalue weighted by atomic mass is 10.2. The van der Waals surface area contributed by atoms with Crippen LogP contribution in [0.4, 0.5) is 5.69 Å². The summed E-state index contributed by atoms with van der Waals surface area (Å²) in [5.74, 6) is 0. The number of nitrogen functional groups attached to an aromatic ring is 1. The van der Waals surface area contributed by atoms with Gasteiger partial charge in [-0.15, -0.1) is 11.3 Å². The molecule has 0 spiro atoms. The van der Waals surface area contributed by atoms with Crippen LogP contribution < -0.4 is 10.5 Å². The normalized spacial score (nSPS) is 21.5. The Kier molecular flexibility index (Phi) is 4.26. The number of nitrogens with zero attached hydrogens (tertiary/aromatic N) is 1. The highest BCUT2D eigenvalue weighted by atomic mass is 32.2. The number of rotatable bonds is 5. The second kappa shape index (κ2) is 5.56. The Labute approximate surface area is 112 Å². The van der Waals surface area contributed by atoms with E-state index in [2.05, 4.69) is 16.5 Å². The van der Waals surface area contributed by atoms with E-state index in [1.54, 1.807) is 5.38 Å². The van der Waals surface area contributed by atoms with Crippen LogP contribution in [0.3, 0.4) is 0 Å². The van der Waals surface area contributed by atoms with Gasteiger partial charge in [0.2, 0.25) is 10.0 Å². The van der Waals surface area contributed by atoms with Gasteiger partial charge >= 0.3 is 0 Å². The van der Waals surface area contributed by atoms with E-state index in [0.717, 1.165) is 37.3 Å². The van der Waals surface area contributed by atoms with E-state index in [4.69, 9.17) is 5.73 Å². The van der Waals surface area contributed by atoms with Crippen LogP contribution in [0.5, 0.6) is 0 Å². The number of sulfonamides is 1. The van der Waals surface area contributed by atoms with E-state index in [1.165, 1.54) is 6.07 Å². The molecule has 0 aliphatic carbocycles. The van der Waals surface area contributed by atoms with E-state index in [1.807, 2.05) is 0 Å². The molecule has 2 rings (SSSR count). The maximum absolute atomic E-state index is 12.0. The molecule has 5 nitrogen and oxygen atoms in total. The second-order valence-electron chi connectivity index (χ2n) is 4.48. The third-order valence-corrected chi connectivity index (χ3v) is 6.16. The number of hydrogen-bond acceptors (Lipinski definition) is 5. The van der Waals surface area contributed by atoms with Crippen molar-refractivity contribution in [3.63, 3.8) is 0 Å². The molecule has 1 atom stereocenters. The van der Waals surface area contributed by atoms with Crippen molar-refractivity contribution in [1.82, 2.24) is 9.62 Å². The van der Waals surface area contributed by atoms with Gasteiger partial charge in [-0.1, -0.05) is 6.92 Å². The summed E-state index contributed by atoms with van der Waals surface area (Å²) in [6.45, 7) is 4.62. The predicted octanol–water partition coefficient (Wildman–Crippen LogP) is 1.09. The summed E-state index contributed by atoms with van der Waals surface area (Å²) >= 11 is 1.16. The molecule has 0 bridgehead atoms. The van der Waals surface area contributed by atoms with Gasteiger partial charge in [0, 0.05) is 23.7 Å². The number of thiophene rings is 1. The molecule has 1 aliphatic rings. The number of likely N-dealkylation sites (N-methyl/N-ethyl adjacent to an activating group) is 1. The quantitative estimate of drug-likeness (QED) is 0.851. The number of hydrogen-bond donors (Lipinski definition) is 2. The first kappa shape index (κ1) is 13.8. The SMILES string of the molecule is CCN1CCCC1CNS(=O)(=O)c1cc(N)cs1. The number of nitrogens with one attached hydrogen (secondary N) is 1. The largest absolute Gasteiger partial charge is 0.398 e. The number of nitrogens with two attached hydrogens (primary N) is 1. The Bertz CT molecular complexity index is 498. The molecule has 0 saturated carbocycles. The van der Waals surface area contributed by atoms with Crippen molar-refractivity contribution in [3.8, 4) is 0 Å². The Morgan fingerprint density at radius 2 is 2.39 bits per heavy atom. The molecule has 0 aromatic carbocycles. The van der Waals surface area contributed by atoms with Gasteiger partial charge < -0.3 is 5.73 Å². The van der Waals surface area contributed by atoms with E-state index < -0.39 is 10.0 Å². The maximum Gasteiger partial charge on any atom is 0.250 e. The minimum absolute atomic E-state index is 0.293. The zero-order valence-corrected chi connectivity index (χ0v) is 12.1. The minimum Gasteiger partial charge on any atom is -0.398 e. The molecule has 1 saturated heterocycles. The van der Waals surface area contributed by atoms with Crippen LogP contribution >= 0.6 is 11.3 Å². The molecular weight excluding hydrogens is 270 g/mol. The van der Waals surface area contributed by atoms with Crippen LogP contribution in [0.15, 0.2) is 15.7 Å². The van der Waals surface area contributed by atoms with E-state index in [0.29, 0.717) is 22.5 Å². The fraction of sp³-hybridized carbons (Fsp3) is 0.636. The monoisotopic (exact) mass is 289 g/mol. The van der Waals surface area contributed by atoms with Crippen molar-refractivity contribution in [2.75, 3.05) is 25.4 Å². The molecule has 1 aromatic heterocycles. The highest BCUT2D eigenvalue weighted by molar-refractivity contribution is 7.91. The topological polar surface area (TPSA) is 75.4 Å². The second-order valence-corrected chi connectivity index (χ2v) is 7.38. The Morgan fingerprint density at radius 3 is 3.00 bits per heavy atom. The average Bonchev–Trinajstić information content (AvgIpc) is 2.94. The van der Waals surface area contributed by atoms with Gasteiger partial charge in [-0.3, -0.25) is 4.90 Å². The first-order valence-electron chi connectivity index (χ1n) is 6.10. The van der Waals surface area contributed by atoms with Gasteiger partial charge in [-0.2, -0.15) is 0 Å². The predicted molar refractivity (Wildman–Crippen MR) is 74.2 cm³/mol. The first-order valence-corrected chi connectivity index (χ1v) is 8.47. The third kappa shape index (κ3) is 3.03. The summed E-state index contributed by atoms with van der Waals surface area (Å²) in [5.41, 5.74) is 6.04. The lowest BCUT2D eigenvalue weighted by Crippen LogP contribution is -2.39. The molecule has 3 N–H and O–H groups in total. The summed E-state index contributed by atoms with van der Waals surface area (Å²) in [5, 5.41) is 1.64. The molecule has 7 heteroatoms. The van der Waals surface area contributed by atoms with Gasteiger partial charge in [0.15, 0.2) is 0 Å². The third-order valence-electron chi connectivity index (χ3n) is 3.27. The van der Waals surface area contributed by atoms with Crippen molar-refractivity contribution < 1.29 is 8.42 Å². The Hall–Kier alpha value is -0.630. The van der Waals surface area contributed by atoms with E-state index >= 15 is 0 Å². The zero-order valence-electron chi connectivity index (χ0n) is 10.4. The van der Waals surface area contributed by atoms with Crippen molar-refractivity contribution in [3.05, 3.63) is 11.4 Å². The van der Waals surface area contributed by atoms with Crippen LogP contribution in [0.25, 0.3) is 0 Å². The first-order chi connectivity index (χ1) is 8.53. The molecule has 102 valence electrons. The summed E-state index contributed by atoms with van der Waals surface area (Å²) in [6, 6.07) is 1.82. The summed E-state index contributed by atoms with van der Waals surface area (Å²) in [4.78, 5) is 2.31. The highest BCUT2D eigenvalue weighted by Crippen LogP contribution is 2.22. The molecule has 1 aromatic rings. The Balaban J connectivity index is 1.97. The van der Waals surface area contributed by atoms with Crippen molar-refractivity contribution >= 4 is 27.0 Å². The van der Waals surface area contributed by atoms with Gasteiger partial charge in [0.1, 0.15) is 4.21 Å². The molecule has 0 radical (unpaired) electrons. The fourth-order valence-corrected chi connectivity index (χ4v) is 4.49. The molecule has 1 aliphatic heterocycles. The molecule has 18 heavy (non-hydrogen) atoms. The average molecular weight is 289 g/mol. The van der Waals surface area contributed by atoms with Crippen molar-refractivity contribution in [2.45, 2.75) is 30.0 Å². The standard InChI is InChI=1S/C11H19N3O2S2/c1-2-14-5-3-4-10(14)7-13-18(15,16)11-6-9(12)8-17-11/h6,8,10,13H,2-5,7,12H2,1H3.